The van der Waals surface area contributed by atoms with Crippen LogP contribution in [0.5, 0.6) is 5.75 Å². The number of H-pyrrole nitrogens is 1. The topological polar surface area (TPSA) is 49.9 Å². The Morgan fingerprint density at radius 2 is 2.24 bits per heavy atom. The Morgan fingerprint density at radius 3 is 2.95 bits per heavy atom. The minimum absolute atomic E-state index is 0.733. The van der Waals surface area contributed by atoms with E-state index in [2.05, 4.69) is 33.9 Å². The number of aryl methyl sites for hydroxylation is 1. The van der Waals surface area contributed by atoms with Gasteiger partial charge in [0.2, 0.25) is 0 Å². The van der Waals surface area contributed by atoms with Crippen LogP contribution < -0.4 is 10.1 Å². The monoisotopic (exact) mass is 299 g/mol. The molecule has 0 radical (unpaired) electrons. The summed E-state index contributed by atoms with van der Waals surface area (Å²) < 4.78 is 5.23. The molecular weight excluding hydrogens is 282 g/mol. The van der Waals surface area contributed by atoms with Gasteiger partial charge in [-0.3, -0.25) is 5.10 Å². The number of nitrogens with zero attached hydrogens (tertiary/aromatic N) is 1. The summed E-state index contributed by atoms with van der Waals surface area (Å²) in [5, 5.41) is 12.8. The number of rotatable bonds is 5. The van der Waals surface area contributed by atoms with E-state index < -0.39 is 0 Å². The van der Waals surface area contributed by atoms with Gasteiger partial charge in [-0.05, 0) is 42.1 Å². The molecule has 4 nitrogen and oxygen atoms in total. The number of anilines is 1. The Balaban J connectivity index is 1.76. The summed E-state index contributed by atoms with van der Waals surface area (Å²) in [6.07, 6.45) is 1.88. The van der Waals surface area contributed by atoms with Crippen molar-refractivity contribution in [1.82, 2.24) is 10.2 Å². The number of nitrogens with one attached hydrogen (secondary N) is 2. The van der Waals surface area contributed by atoms with Crippen LogP contribution in [0.1, 0.15) is 11.1 Å². The van der Waals surface area contributed by atoms with E-state index in [0.29, 0.717) is 0 Å². The first-order chi connectivity index (χ1) is 10.3. The van der Waals surface area contributed by atoms with E-state index in [9.17, 15) is 0 Å². The van der Waals surface area contributed by atoms with Crippen molar-refractivity contribution in [3.8, 4) is 16.3 Å². The van der Waals surface area contributed by atoms with Crippen molar-refractivity contribution in [1.29, 1.82) is 0 Å². The standard InChI is InChI=1S/C16H17N3OS/c1-11-8-13(20-2)5-6-14(11)17-9-12-10-18-19-16(12)15-4-3-7-21-15/h3-8,10,17H,9H2,1-2H3,(H,18,19). The molecule has 0 saturated heterocycles. The maximum atomic E-state index is 5.23. The molecule has 0 aliphatic rings. The highest BCUT2D eigenvalue weighted by atomic mass is 32.1. The van der Waals surface area contributed by atoms with Crippen LogP contribution in [0.2, 0.25) is 0 Å². The number of hydrogen-bond acceptors (Lipinski definition) is 4. The molecule has 0 bridgehead atoms. The maximum Gasteiger partial charge on any atom is 0.119 e. The SMILES string of the molecule is COc1ccc(NCc2cn[nH]c2-c2cccs2)c(C)c1. The van der Waals surface area contributed by atoms with Crippen molar-refractivity contribution in [3.05, 3.63) is 53.0 Å². The van der Waals surface area contributed by atoms with Gasteiger partial charge in [0, 0.05) is 17.8 Å². The van der Waals surface area contributed by atoms with Crippen LogP contribution in [-0.4, -0.2) is 17.3 Å². The highest BCUT2D eigenvalue weighted by Gasteiger charge is 2.09. The van der Waals surface area contributed by atoms with Gasteiger partial charge in [-0.2, -0.15) is 5.10 Å². The molecule has 0 saturated carbocycles. The lowest BCUT2D eigenvalue weighted by Gasteiger charge is -2.10. The quantitative estimate of drug-likeness (QED) is 0.746. The number of thiophene rings is 1. The van der Waals surface area contributed by atoms with Crippen LogP contribution in [0, 0.1) is 6.92 Å². The Hall–Kier alpha value is -2.27. The third kappa shape index (κ3) is 2.92. The first-order valence-corrected chi connectivity index (χ1v) is 7.60. The lowest BCUT2D eigenvalue weighted by molar-refractivity contribution is 0.414. The first kappa shape index (κ1) is 13.7. The molecule has 3 rings (SSSR count). The van der Waals surface area contributed by atoms with E-state index in [1.54, 1.807) is 18.4 Å². The van der Waals surface area contributed by atoms with Crippen LogP contribution in [0.25, 0.3) is 10.6 Å². The van der Waals surface area contributed by atoms with Gasteiger partial charge in [0.05, 0.1) is 23.9 Å². The van der Waals surface area contributed by atoms with E-state index in [0.717, 1.165) is 34.8 Å². The summed E-state index contributed by atoms with van der Waals surface area (Å²) in [7, 11) is 1.68. The van der Waals surface area contributed by atoms with Gasteiger partial charge in [-0.15, -0.1) is 11.3 Å². The van der Waals surface area contributed by atoms with E-state index in [4.69, 9.17) is 4.74 Å². The second kappa shape index (κ2) is 6.01. The molecule has 0 unspecified atom stereocenters. The molecule has 0 amide bonds. The Labute approximate surface area is 127 Å². The number of hydrogen-bond donors (Lipinski definition) is 2. The zero-order valence-corrected chi connectivity index (χ0v) is 12.8. The zero-order valence-electron chi connectivity index (χ0n) is 12.0. The van der Waals surface area contributed by atoms with Crippen molar-refractivity contribution >= 4 is 17.0 Å². The van der Waals surface area contributed by atoms with Gasteiger partial charge in [0.1, 0.15) is 5.75 Å². The van der Waals surface area contributed by atoms with Gasteiger partial charge in [0.25, 0.3) is 0 Å². The molecule has 21 heavy (non-hydrogen) atoms. The highest BCUT2D eigenvalue weighted by molar-refractivity contribution is 7.13. The van der Waals surface area contributed by atoms with Crippen molar-refractivity contribution in [3.63, 3.8) is 0 Å². The van der Waals surface area contributed by atoms with Gasteiger partial charge in [0.15, 0.2) is 0 Å². The van der Waals surface area contributed by atoms with E-state index in [1.807, 2.05) is 30.5 Å². The van der Waals surface area contributed by atoms with Crippen molar-refractivity contribution in [2.24, 2.45) is 0 Å². The van der Waals surface area contributed by atoms with Crippen LogP contribution in [0.4, 0.5) is 5.69 Å². The summed E-state index contributed by atoms with van der Waals surface area (Å²) in [5.74, 6) is 0.876. The fourth-order valence-corrected chi connectivity index (χ4v) is 2.99. The van der Waals surface area contributed by atoms with Gasteiger partial charge in [-0.1, -0.05) is 6.07 Å². The fraction of sp³-hybridized carbons (Fsp3) is 0.188. The van der Waals surface area contributed by atoms with Crippen molar-refractivity contribution < 1.29 is 4.74 Å². The highest BCUT2D eigenvalue weighted by Crippen LogP contribution is 2.27. The lowest BCUT2D eigenvalue weighted by atomic mass is 10.1. The van der Waals surface area contributed by atoms with Crippen LogP contribution in [0.3, 0.4) is 0 Å². The number of methoxy groups -OCH3 is 1. The summed E-state index contributed by atoms with van der Waals surface area (Å²) in [6, 6.07) is 10.2. The van der Waals surface area contributed by atoms with E-state index >= 15 is 0 Å². The molecule has 0 spiro atoms. The predicted octanol–water partition coefficient (Wildman–Crippen LogP) is 4.07. The van der Waals surface area contributed by atoms with Crippen molar-refractivity contribution in [2.75, 3.05) is 12.4 Å². The molecule has 108 valence electrons. The predicted molar refractivity (Wildman–Crippen MR) is 87.0 cm³/mol. The van der Waals surface area contributed by atoms with Crippen LogP contribution in [0.15, 0.2) is 41.9 Å². The smallest absolute Gasteiger partial charge is 0.119 e. The Bertz CT molecular complexity index is 719. The second-order valence-electron chi connectivity index (χ2n) is 4.78. The number of ether oxygens (including phenoxy) is 1. The lowest BCUT2D eigenvalue weighted by Crippen LogP contribution is -2.01. The second-order valence-corrected chi connectivity index (χ2v) is 5.73. The molecular formula is C16H17N3OS. The molecule has 3 aromatic rings. The van der Waals surface area contributed by atoms with E-state index in [-0.39, 0.29) is 0 Å². The Morgan fingerprint density at radius 1 is 1.33 bits per heavy atom. The maximum absolute atomic E-state index is 5.23. The summed E-state index contributed by atoms with van der Waals surface area (Å²) >= 11 is 1.71. The molecule has 2 aromatic heterocycles. The van der Waals surface area contributed by atoms with E-state index in [1.165, 1.54) is 4.88 Å². The minimum Gasteiger partial charge on any atom is -0.497 e. The molecule has 0 atom stereocenters. The third-order valence-corrected chi connectivity index (χ3v) is 4.28. The molecule has 0 aliphatic heterocycles. The van der Waals surface area contributed by atoms with Gasteiger partial charge < -0.3 is 10.1 Å². The molecule has 2 N–H and O–H groups in total. The normalized spacial score (nSPS) is 10.6. The zero-order chi connectivity index (χ0) is 14.7. The largest absolute Gasteiger partial charge is 0.497 e. The molecule has 0 fully saturated rings. The fourth-order valence-electron chi connectivity index (χ4n) is 2.23. The number of benzene rings is 1. The number of aromatic nitrogens is 2. The molecule has 2 heterocycles. The average molecular weight is 299 g/mol. The van der Waals surface area contributed by atoms with Crippen LogP contribution in [-0.2, 0) is 6.54 Å². The average Bonchev–Trinajstić information content (AvgIpc) is 3.16. The summed E-state index contributed by atoms with van der Waals surface area (Å²) in [4.78, 5) is 1.20. The number of aromatic amines is 1. The van der Waals surface area contributed by atoms with Gasteiger partial charge in [-0.25, -0.2) is 0 Å². The molecule has 5 heteroatoms. The van der Waals surface area contributed by atoms with Crippen LogP contribution >= 0.6 is 11.3 Å². The minimum atomic E-state index is 0.733. The van der Waals surface area contributed by atoms with Gasteiger partial charge >= 0.3 is 0 Å². The summed E-state index contributed by atoms with van der Waals surface area (Å²) in [5.41, 5.74) is 4.51. The Kier molecular flexibility index (Phi) is 3.92. The molecule has 1 aromatic carbocycles. The summed E-state index contributed by atoms with van der Waals surface area (Å²) in [6.45, 7) is 2.80. The first-order valence-electron chi connectivity index (χ1n) is 6.72. The molecule has 0 aliphatic carbocycles. The third-order valence-electron chi connectivity index (χ3n) is 3.39. The van der Waals surface area contributed by atoms with Crippen molar-refractivity contribution in [2.45, 2.75) is 13.5 Å².